The van der Waals surface area contributed by atoms with E-state index in [1.54, 1.807) is 73.9 Å². The van der Waals surface area contributed by atoms with Crippen LogP contribution < -0.4 is 22.1 Å². The van der Waals surface area contributed by atoms with Crippen LogP contribution in [0.2, 0.25) is 0 Å². The summed E-state index contributed by atoms with van der Waals surface area (Å²) < 4.78 is 18.7. The van der Waals surface area contributed by atoms with Gasteiger partial charge in [0.25, 0.3) is 11.8 Å². The maximum absolute atomic E-state index is 12.5. The minimum Gasteiger partial charge on any atom is -0.472 e. The van der Waals surface area contributed by atoms with E-state index in [1.807, 2.05) is 27.3 Å². The molecule has 2 aromatic carbocycles. The molecule has 17 heteroatoms. The van der Waals surface area contributed by atoms with Crippen LogP contribution in [-0.2, 0) is 13.1 Å². The summed E-state index contributed by atoms with van der Waals surface area (Å²) in [4.78, 5) is 33.8. The number of nitrogens with two attached hydrogens (primary N) is 2. The third kappa shape index (κ3) is 7.82. The number of benzene rings is 2. The van der Waals surface area contributed by atoms with E-state index in [0.29, 0.717) is 50.8 Å². The molecule has 8 rings (SSSR count). The van der Waals surface area contributed by atoms with Crippen molar-refractivity contribution in [2.24, 2.45) is 11.5 Å². The highest BCUT2D eigenvalue weighted by molar-refractivity contribution is 7.18. The van der Waals surface area contributed by atoms with E-state index in [9.17, 15) is 9.59 Å². The SMILES string of the molecule is NCCCn1cnc2cc(C(=O)Nc3cc(-c4ccco4)ns3)ccc21.NCCCn1cnc2cc(C(=O)Nc3nnc(-c4ccoc4)s3)ccc21. The number of imidazole rings is 2. The standard InChI is InChI=1S/C18H17N5O2S.C17H16N6O2S/c19-6-2-7-23-11-20-13-9-12(4-5-15(13)23)18(24)21-17-10-14(22-26-17)16-3-1-8-25-16;18-5-1-6-23-10-19-13-8-11(2-3-14(13)23)15(24)20-17-22-21-16(26-17)12-4-7-25-9-12/h1,3-5,8-11H,2,6-7,19H2,(H,21,24);2-4,7-10H,1,5-6,18H2,(H,20,22,24). The largest absolute Gasteiger partial charge is 0.472 e. The van der Waals surface area contributed by atoms with Gasteiger partial charge in [0.05, 0.1) is 52.8 Å². The predicted octanol–water partition coefficient (Wildman–Crippen LogP) is 6.10. The second-order valence-electron chi connectivity index (χ2n) is 11.5. The van der Waals surface area contributed by atoms with Gasteiger partial charge in [-0.3, -0.25) is 14.9 Å². The Balaban J connectivity index is 0.000000162. The molecule has 6 N–H and O–H groups in total. The number of carbonyl (C=O) groups excluding carboxylic acids is 2. The summed E-state index contributed by atoms with van der Waals surface area (Å²) >= 11 is 2.50. The molecule has 264 valence electrons. The second-order valence-corrected chi connectivity index (χ2v) is 13.2. The third-order valence-electron chi connectivity index (χ3n) is 7.91. The Hall–Kier alpha value is -6.01. The molecule has 0 aliphatic rings. The van der Waals surface area contributed by atoms with Gasteiger partial charge in [-0.1, -0.05) is 11.3 Å². The monoisotopic (exact) mass is 735 g/mol. The average Bonchev–Trinajstić information content (AvgIpc) is 4.02. The molecule has 0 fully saturated rings. The van der Waals surface area contributed by atoms with E-state index in [0.717, 1.165) is 53.6 Å². The lowest BCUT2D eigenvalue weighted by molar-refractivity contribution is 0.101. The molecular formula is C35H33N11O4S2. The molecule has 0 aliphatic carbocycles. The van der Waals surface area contributed by atoms with Crippen LogP contribution in [0.25, 0.3) is 44.1 Å². The number of hydrogen-bond acceptors (Lipinski definition) is 13. The molecule has 0 saturated heterocycles. The molecule has 6 aromatic heterocycles. The van der Waals surface area contributed by atoms with E-state index >= 15 is 0 Å². The van der Waals surface area contributed by atoms with Gasteiger partial charge < -0.3 is 34.8 Å². The van der Waals surface area contributed by atoms with E-state index in [2.05, 4.69) is 35.2 Å². The summed E-state index contributed by atoms with van der Waals surface area (Å²) in [6, 6.07) is 18.1. The molecule has 0 atom stereocenters. The lowest BCUT2D eigenvalue weighted by atomic mass is 10.2. The van der Waals surface area contributed by atoms with Gasteiger partial charge in [-0.05, 0) is 92.1 Å². The van der Waals surface area contributed by atoms with Crippen LogP contribution in [0.1, 0.15) is 33.6 Å². The quantitative estimate of drug-likeness (QED) is 0.113. The van der Waals surface area contributed by atoms with Gasteiger partial charge in [0.2, 0.25) is 5.13 Å². The fourth-order valence-electron chi connectivity index (χ4n) is 5.29. The summed E-state index contributed by atoms with van der Waals surface area (Å²) in [5.41, 5.74) is 17.2. The van der Waals surface area contributed by atoms with Crippen molar-refractivity contribution in [3.05, 3.63) is 103 Å². The molecule has 15 nitrogen and oxygen atoms in total. The van der Waals surface area contributed by atoms with E-state index < -0.39 is 0 Å². The number of furan rings is 2. The van der Waals surface area contributed by atoms with Gasteiger partial charge in [0.1, 0.15) is 17.0 Å². The molecule has 0 spiro atoms. The maximum atomic E-state index is 12.5. The number of rotatable bonds is 12. The number of amides is 2. The molecule has 0 aliphatic heterocycles. The lowest BCUT2D eigenvalue weighted by Gasteiger charge is -2.04. The Labute approximate surface area is 304 Å². The number of hydrogen-bond donors (Lipinski definition) is 4. The molecule has 0 unspecified atom stereocenters. The van der Waals surface area contributed by atoms with Gasteiger partial charge in [-0.2, -0.15) is 4.37 Å². The van der Waals surface area contributed by atoms with Crippen molar-refractivity contribution in [3.8, 4) is 22.0 Å². The van der Waals surface area contributed by atoms with Crippen LogP contribution >= 0.6 is 22.9 Å². The smallest absolute Gasteiger partial charge is 0.257 e. The number of aryl methyl sites for hydroxylation is 2. The van der Waals surface area contributed by atoms with Crippen molar-refractivity contribution < 1.29 is 18.4 Å². The maximum Gasteiger partial charge on any atom is 0.257 e. The molecule has 8 aromatic rings. The normalized spacial score (nSPS) is 11.1. The number of nitrogens with zero attached hydrogens (tertiary/aromatic N) is 7. The number of nitrogens with one attached hydrogen (secondary N) is 2. The Bertz CT molecular complexity index is 2240. The molecule has 2 amide bonds. The van der Waals surface area contributed by atoms with Crippen LogP contribution in [0.5, 0.6) is 0 Å². The fraction of sp³-hybridized carbons (Fsp3) is 0.171. The summed E-state index contributed by atoms with van der Waals surface area (Å²) in [5.74, 6) is 0.225. The molecule has 6 heterocycles. The topological polar surface area (TPSA) is 211 Å². The fourth-order valence-corrected chi connectivity index (χ4v) is 6.66. The van der Waals surface area contributed by atoms with Crippen molar-refractivity contribution in [2.45, 2.75) is 25.9 Å². The van der Waals surface area contributed by atoms with Crippen molar-refractivity contribution >= 4 is 66.9 Å². The van der Waals surface area contributed by atoms with Gasteiger partial charge in [-0.15, -0.1) is 10.2 Å². The first kappa shape index (κ1) is 34.4. The number of carbonyl (C=O) groups is 2. The summed E-state index contributed by atoms with van der Waals surface area (Å²) in [5, 5.41) is 15.5. The van der Waals surface area contributed by atoms with Gasteiger partial charge in [-0.25, -0.2) is 9.97 Å². The zero-order valence-corrected chi connectivity index (χ0v) is 29.3. The van der Waals surface area contributed by atoms with Crippen molar-refractivity contribution in [1.29, 1.82) is 0 Å². The zero-order chi connectivity index (χ0) is 35.9. The summed E-state index contributed by atoms with van der Waals surface area (Å²) in [7, 11) is 0. The number of fused-ring (bicyclic) bond motifs is 2. The Morgan fingerprint density at radius 2 is 1.46 bits per heavy atom. The third-order valence-corrected chi connectivity index (χ3v) is 9.50. The minimum atomic E-state index is -0.252. The molecule has 0 radical (unpaired) electrons. The highest BCUT2D eigenvalue weighted by Crippen LogP contribution is 2.28. The molecule has 52 heavy (non-hydrogen) atoms. The Morgan fingerprint density at radius 1 is 0.788 bits per heavy atom. The average molecular weight is 736 g/mol. The van der Waals surface area contributed by atoms with Crippen molar-refractivity contribution in [3.63, 3.8) is 0 Å². The van der Waals surface area contributed by atoms with Crippen LogP contribution in [-0.4, -0.2) is 58.6 Å². The Morgan fingerprint density at radius 3 is 2.06 bits per heavy atom. The summed E-state index contributed by atoms with van der Waals surface area (Å²) in [6.45, 7) is 2.88. The van der Waals surface area contributed by atoms with Crippen molar-refractivity contribution in [1.82, 2.24) is 33.7 Å². The first-order valence-corrected chi connectivity index (χ1v) is 17.9. The highest BCUT2D eigenvalue weighted by Gasteiger charge is 2.15. The van der Waals surface area contributed by atoms with Crippen molar-refractivity contribution in [2.75, 3.05) is 23.7 Å². The van der Waals surface area contributed by atoms with Crippen LogP contribution in [0.3, 0.4) is 0 Å². The first-order valence-electron chi connectivity index (χ1n) is 16.3. The van der Waals surface area contributed by atoms with Crippen LogP contribution in [0.4, 0.5) is 10.1 Å². The molecule has 0 saturated carbocycles. The first-order chi connectivity index (χ1) is 25.5. The van der Waals surface area contributed by atoms with Gasteiger partial charge in [0.15, 0.2) is 10.8 Å². The van der Waals surface area contributed by atoms with Gasteiger partial charge in [0, 0.05) is 30.3 Å². The second kappa shape index (κ2) is 15.9. The molecule has 0 bridgehead atoms. The lowest BCUT2D eigenvalue weighted by Crippen LogP contribution is -2.11. The zero-order valence-electron chi connectivity index (χ0n) is 27.6. The number of anilines is 2. The van der Waals surface area contributed by atoms with Crippen LogP contribution in [0.15, 0.2) is 101 Å². The van der Waals surface area contributed by atoms with E-state index in [1.165, 1.54) is 22.9 Å². The van der Waals surface area contributed by atoms with E-state index in [-0.39, 0.29) is 11.8 Å². The minimum absolute atomic E-state index is 0.196. The van der Waals surface area contributed by atoms with Crippen LogP contribution in [0, 0.1) is 0 Å². The van der Waals surface area contributed by atoms with Gasteiger partial charge >= 0.3 is 0 Å². The number of aromatic nitrogens is 7. The molecular weight excluding hydrogens is 703 g/mol. The van der Waals surface area contributed by atoms with E-state index in [4.69, 9.17) is 20.3 Å². The predicted molar refractivity (Wildman–Crippen MR) is 200 cm³/mol. The summed E-state index contributed by atoms with van der Waals surface area (Å²) in [6.07, 6.45) is 10.1. The highest BCUT2D eigenvalue weighted by atomic mass is 32.1. The Kier molecular flexibility index (Phi) is 10.5.